The third-order valence-corrected chi connectivity index (χ3v) is 9.71. The van der Waals surface area contributed by atoms with Crippen LogP contribution in [0, 0.1) is 0 Å². The van der Waals surface area contributed by atoms with Crippen LogP contribution in [-0.2, 0) is 15.6 Å². The second-order valence-electron chi connectivity index (χ2n) is 10.2. The van der Waals surface area contributed by atoms with Gasteiger partial charge < -0.3 is 15.1 Å². The molecule has 2 aliphatic rings. The Morgan fingerprint density at radius 1 is 0.925 bits per heavy atom. The monoisotopic (exact) mass is 614 g/mol. The number of benzene rings is 3. The summed E-state index contributed by atoms with van der Waals surface area (Å²) in [7, 11) is -1.59. The van der Waals surface area contributed by atoms with Gasteiger partial charge in [-0.1, -0.05) is 59.6 Å². The molecule has 6 nitrogen and oxygen atoms in total. The topological polar surface area (TPSA) is 55.9 Å². The predicted molar refractivity (Wildman–Crippen MR) is 169 cm³/mol. The molecule has 0 amide bonds. The van der Waals surface area contributed by atoms with Crippen LogP contribution in [0.25, 0.3) is 0 Å². The summed E-state index contributed by atoms with van der Waals surface area (Å²) in [6.07, 6.45) is 0. The van der Waals surface area contributed by atoms with Crippen molar-refractivity contribution in [3.8, 4) is 0 Å². The molecule has 0 unspecified atom stereocenters. The van der Waals surface area contributed by atoms with Gasteiger partial charge in [0.25, 0.3) is 0 Å². The third-order valence-electron chi connectivity index (χ3n) is 7.32. The quantitative estimate of drug-likeness (QED) is 0.351. The van der Waals surface area contributed by atoms with Crippen molar-refractivity contribution in [3.05, 3.63) is 111 Å². The lowest BCUT2D eigenvalue weighted by molar-refractivity contribution is 0.202. The highest BCUT2D eigenvalue weighted by Crippen LogP contribution is 2.35. The molecule has 2 heterocycles. The Bertz CT molecular complexity index is 1430. The Hall–Kier alpha value is -2.62. The molecule has 0 aromatic heterocycles. The molecule has 2 fully saturated rings. The number of hydrogen-bond donors (Lipinski definition) is 1. The molecule has 0 radical (unpaired) electrons. The summed E-state index contributed by atoms with van der Waals surface area (Å²) in [5.74, 6) is -0.0219. The molecule has 5 rings (SSSR count). The van der Waals surface area contributed by atoms with E-state index >= 15 is 0 Å². The molecule has 0 spiro atoms. The maximum absolute atomic E-state index is 13.2. The molecular weight excluding hydrogens is 583 g/mol. The van der Waals surface area contributed by atoms with Crippen molar-refractivity contribution in [1.29, 1.82) is 0 Å². The van der Waals surface area contributed by atoms with Crippen molar-refractivity contribution in [2.45, 2.75) is 11.8 Å². The molecule has 10 heteroatoms. The number of piperazine rings is 1. The van der Waals surface area contributed by atoms with Gasteiger partial charge in [0.05, 0.1) is 11.8 Å². The van der Waals surface area contributed by atoms with Crippen molar-refractivity contribution < 1.29 is 8.42 Å². The number of halogens is 2. The zero-order valence-corrected chi connectivity index (χ0v) is 25.4. The molecule has 40 heavy (non-hydrogen) atoms. The Morgan fingerprint density at radius 2 is 1.50 bits per heavy atom. The van der Waals surface area contributed by atoms with E-state index in [-0.39, 0.29) is 11.8 Å². The van der Waals surface area contributed by atoms with Crippen LogP contribution >= 0.6 is 35.4 Å². The summed E-state index contributed by atoms with van der Waals surface area (Å²) < 4.78 is 26.3. The van der Waals surface area contributed by atoms with Crippen LogP contribution in [0.3, 0.4) is 0 Å². The van der Waals surface area contributed by atoms with Crippen molar-refractivity contribution in [1.82, 2.24) is 15.1 Å². The average molecular weight is 616 g/mol. The first-order chi connectivity index (χ1) is 19.2. The van der Waals surface area contributed by atoms with Crippen molar-refractivity contribution in [3.63, 3.8) is 0 Å². The standard InChI is InChI=1S/C30H32Cl2N4O2S2/c1-33-30(39)35-15-13-34(14-16-35)28-4-2-3-22(17-28)20-40(37,38)21-23-18-36(19-23)29(24-5-9-26(31)10-6-24)25-7-11-27(32)12-8-25/h2-12,17,21,29H,13-16,18-20H2,1H3,(H,33,39). The minimum absolute atomic E-state index is 0.0194. The summed E-state index contributed by atoms with van der Waals surface area (Å²) in [4.78, 5) is 6.69. The molecule has 1 N–H and O–H groups in total. The highest BCUT2D eigenvalue weighted by molar-refractivity contribution is 7.93. The SMILES string of the molecule is CNC(=S)N1CCN(c2cccc(CS(=O)(=O)C=C3CN(C(c4ccc(Cl)cc4)c4ccc(Cl)cc4)C3)c2)CC1. The van der Waals surface area contributed by atoms with Gasteiger partial charge >= 0.3 is 0 Å². The molecule has 2 saturated heterocycles. The van der Waals surface area contributed by atoms with E-state index in [2.05, 4.69) is 20.0 Å². The van der Waals surface area contributed by atoms with Gasteiger partial charge in [0.15, 0.2) is 14.9 Å². The first kappa shape index (κ1) is 28.9. The van der Waals surface area contributed by atoms with Crippen LogP contribution in [0.4, 0.5) is 5.69 Å². The smallest absolute Gasteiger partial charge is 0.175 e. The van der Waals surface area contributed by atoms with E-state index in [1.807, 2.05) is 79.8 Å². The molecule has 210 valence electrons. The Balaban J connectivity index is 1.25. The molecule has 2 aliphatic heterocycles. The number of hydrogen-bond acceptors (Lipinski definition) is 5. The fraction of sp³-hybridized carbons (Fsp3) is 0.300. The lowest BCUT2D eigenvalue weighted by Gasteiger charge is -2.41. The van der Waals surface area contributed by atoms with Crippen molar-refractivity contribution in [2.24, 2.45) is 0 Å². The maximum atomic E-state index is 13.2. The lowest BCUT2D eigenvalue weighted by Crippen LogP contribution is -2.51. The van der Waals surface area contributed by atoms with Crippen LogP contribution in [0.1, 0.15) is 22.7 Å². The highest BCUT2D eigenvalue weighted by Gasteiger charge is 2.31. The summed E-state index contributed by atoms with van der Waals surface area (Å²) in [5.41, 5.74) is 4.93. The molecule has 3 aromatic carbocycles. The van der Waals surface area contributed by atoms with Crippen LogP contribution in [0.2, 0.25) is 10.0 Å². The van der Waals surface area contributed by atoms with Gasteiger partial charge in [-0.3, -0.25) is 4.90 Å². The molecule has 0 saturated carbocycles. The van der Waals surface area contributed by atoms with Crippen LogP contribution < -0.4 is 10.2 Å². The second-order valence-corrected chi connectivity index (χ2v) is 13.3. The first-order valence-corrected chi connectivity index (χ1v) is 16.1. The lowest BCUT2D eigenvalue weighted by atomic mass is 9.93. The predicted octanol–water partition coefficient (Wildman–Crippen LogP) is 5.52. The van der Waals surface area contributed by atoms with E-state index in [0.29, 0.717) is 23.1 Å². The van der Waals surface area contributed by atoms with E-state index in [9.17, 15) is 8.42 Å². The van der Waals surface area contributed by atoms with E-state index < -0.39 is 9.84 Å². The molecule has 0 bridgehead atoms. The molecule has 0 atom stereocenters. The summed E-state index contributed by atoms with van der Waals surface area (Å²) in [6, 6.07) is 23.4. The van der Waals surface area contributed by atoms with E-state index in [1.54, 1.807) is 0 Å². The zero-order valence-electron chi connectivity index (χ0n) is 22.3. The van der Waals surface area contributed by atoms with E-state index in [0.717, 1.165) is 59.2 Å². The number of sulfone groups is 1. The van der Waals surface area contributed by atoms with Crippen LogP contribution in [0.15, 0.2) is 83.8 Å². The van der Waals surface area contributed by atoms with Gasteiger partial charge in [0.1, 0.15) is 0 Å². The van der Waals surface area contributed by atoms with Gasteiger partial charge in [0.2, 0.25) is 0 Å². The average Bonchev–Trinajstić information content (AvgIpc) is 2.93. The molecule has 0 aliphatic carbocycles. The van der Waals surface area contributed by atoms with Gasteiger partial charge in [0, 0.05) is 67.5 Å². The summed E-state index contributed by atoms with van der Waals surface area (Å²) >= 11 is 17.6. The Kier molecular flexibility index (Phi) is 9.02. The van der Waals surface area contributed by atoms with Gasteiger partial charge in [-0.05, 0) is 70.9 Å². The summed E-state index contributed by atoms with van der Waals surface area (Å²) in [6.45, 7) is 4.48. The maximum Gasteiger partial charge on any atom is 0.175 e. The fourth-order valence-electron chi connectivity index (χ4n) is 5.33. The number of rotatable bonds is 7. The van der Waals surface area contributed by atoms with Gasteiger partial charge in [-0.2, -0.15) is 0 Å². The first-order valence-electron chi connectivity index (χ1n) is 13.2. The number of thiocarbonyl (C=S) groups is 1. The number of nitrogens with zero attached hydrogens (tertiary/aromatic N) is 3. The van der Waals surface area contributed by atoms with Crippen LogP contribution in [-0.4, -0.2) is 69.6 Å². The molecule has 3 aromatic rings. The van der Waals surface area contributed by atoms with Gasteiger partial charge in [-0.15, -0.1) is 0 Å². The third kappa shape index (κ3) is 6.98. The number of anilines is 1. The minimum atomic E-state index is -3.43. The fourth-order valence-corrected chi connectivity index (χ4v) is 7.15. The summed E-state index contributed by atoms with van der Waals surface area (Å²) in [5, 5.41) is 6.62. The molecular formula is C30H32Cl2N4O2S2. The second kappa shape index (κ2) is 12.5. The van der Waals surface area contributed by atoms with Crippen molar-refractivity contribution in [2.75, 3.05) is 51.2 Å². The minimum Gasteiger partial charge on any atom is -0.368 e. The Morgan fingerprint density at radius 3 is 2.05 bits per heavy atom. The highest BCUT2D eigenvalue weighted by atomic mass is 35.5. The Labute approximate surface area is 252 Å². The van der Waals surface area contributed by atoms with Crippen molar-refractivity contribution >= 4 is 56.1 Å². The normalized spacial score (nSPS) is 16.1. The number of likely N-dealkylation sites (tertiary alicyclic amines) is 1. The van der Waals surface area contributed by atoms with E-state index in [1.165, 1.54) is 5.41 Å². The zero-order chi connectivity index (χ0) is 28.3. The number of nitrogens with one attached hydrogen (secondary N) is 1. The van der Waals surface area contributed by atoms with Crippen LogP contribution in [0.5, 0.6) is 0 Å². The van der Waals surface area contributed by atoms with E-state index in [4.69, 9.17) is 35.4 Å². The largest absolute Gasteiger partial charge is 0.368 e. The van der Waals surface area contributed by atoms with Gasteiger partial charge in [-0.25, -0.2) is 8.42 Å².